The maximum absolute atomic E-state index is 4.40. The third-order valence-electron chi connectivity index (χ3n) is 2.14. The minimum Gasteiger partial charge on any atom is -0.356 e. The zero-order valence-electron chi connectivity index (χ0n) is 8.99. The number of hydrogen-bond donors (Lipinski definition) is 2. The third-order valence-corrected chi connectivity index (χ3v) is 2.14. The van der Waals surface area contributed by atoms with Gasteiger partial charge in [0.15, 0.2) is 0 Å². The average molecular weight is 205 g/mol. The number of imidazole rings is 1. The van der Waals surface area contributed by atoms with Crippen molar-refractivity contribution in [1.82, 2.24) is 19.7 Å². The van der Waals surface area contributed by atoms with Crippen LogP contribution < -0.4 is 5.32 Å². The van der Waals surface area contributed by atoms with Crippen molar-refractivity contribution in [3.05, 3.63) is 29.8 Å². The molecule has 5 heteroatoms. The molecule has 2 aromatic heterocycles. The topological polar surface area (TPSA) is 58.5 Å². The number of nitrogens with one attached hydrogen (secondary N) is 2. The van der Waals surface area contributed by atoms with E-state index in [0.717, 1.165) is 30.3 Å². The number of aryl methyl sites for hydroxylation is 1. The Labute approximate surface area is 88.5 Å². The van der Waals surface area contributed by atoms with Crippen LogP contribution >= 0.6 is 0 Å². The first-order valence-electron chi connectivity index (χ1n) is 5.05. The Morgan fingerprint density at radius 2 is 2.40 bits per heavy atom. The van der Waals surface area contributed by atoms with Crippen molar-refractivity contribution >= 4 is 5.95 Å². The highest BCUT2D eigenvalue weighted by Crippen LogP contribution is 2.10. The Balaban J connectivity index is 2.19. The molecule has 0 saturated carbocycles. The molecule has 0 aliphatic rings. The molecule has 2 rings (SSSR count). The molecule has 15 heavy (non-hydrogen) atoms. The summed E-state index contributed by atoms with van der Waals surface area (Å²) < 4.78 is 2.09. The van der Waals surface area contributed by atoms with Gasteiger partial charge in [-0.2, -0.15) is 5.10 Å². The summed E-state index contributed by atoms with van der Waals surface area (Å²) in [4.78, 5) is 4.40. The Hall–Kier alpha value is -1.78. The maximum atomic E-state index is 4.40. The first-order chi connectivity index (χ1) is 7.29. The van der Waals surface area contributed by atoms with Crippen molar-refractivity contribution in [2.24, 2.45) is 0 Å². The molecule has 0 spiro atoms. The van der Waals surface area contributed by atoms with Crippen LogP contribution in [0.1, 0.15) is 18.2 Å². The maximum Gasteiger partial charge on any atom is 0.203 e. The Morgan fingerprint density at radius 3 is 3.07 bits per heavy atom. The fourth-order valence-electron chi connectivity index (χ4n) is 1.53. The van der Waals surface area contributed by atoms with Crippen LogP contribution in [0.5, 0.6) is 0 Å². The number of aromatic amines is 1. The van der Waals surface area contributed by atoms with E-state index >= 15 is 0 Å². The van der Waals surface area contributed by atoms with Crippen LogP contribution in [0.25, 0.3) is 0 Å². The lowest BCUT2D eigenvalue weighted by Crippen LogP contribution is -2.06. The third kappa shape index (κ3) is 2.18. The van der Waals surface area contributed by atoms with Gasteiger partial charge in [0.1, 0.15) is 0 Å². The van der Waals surface area contributed by atoms with Gasteiger partial charge in [-0.15, -0.1) is 0 Å². The lowest BCUT2D eigenvalue weighted by Gasteiger charge is -2.06. The number of rotatable bonds is 4. The molecule has 0 aliphatic heterocycles. The van der Waals surface area contributed by atoms with E-state index in [1.54, 1.807) is 0 Å². The monoisotopic (exact) mass is 205 g/mol. The summed E-state index contributed by atoms with van der Waals surface area (Å²) in [6.07, 6.45) is 5.75. The van der Waals surface area contributed by atoms with Gasteiger partial charge in [0, 0.05) is 24.5 Å². The van der Waals surface area contributed by atoms with Gasteiger partial charge in [0.05, 0.1) is 18.4 Å². The van der Waals surface area contributed by atoms with Crippen LogP contribution in [-0.4, -0.2) is 26.3 Å². The van der Waals surface area contributed by atoms with Crippen LogP contribution in [0.15, 0.2) is 18.6 Å². The molecule has 2 heterocycles. The molecule has 5 nitrogen and oxygen atoms in total. The summed E-state index contributed by atoms with van der Waals surface area (Å²) in [6, 6.07) is 0. The van der Waals surface area contributed by atoms with Gasteiger partial charge < -0.3 is 9.88 Å². The average Bonchev–Trinajstić information content (AvgIpc) is 2.78. The molecule has 0 fully saturated rings. The minimum absolute atomic E-state index is 0.791. The van der Waals surface area contributed by atoms with Crippen molar-refractivity contribution in [2.45, 2.75) is 20.4 Å². The highest BCUT2D eigenvalue weighted by Gasteiger charge is 2.05. The molecule has 2 aromatic rings. The zero-order chi connectivity index (χ0) is 10.7. The van der Waals surface area contributed by atoms with Crippen molar-refractivity contribution < 1.29 is 0 Å². The molecular weight excluding hydrogens is 190 g/mol. The number of hydrogen-bond acceptors (Lipinski definition) is 3. The number of anilines is 1. The first kappa shape index (κ1) is 9.76. The largest absolute Gasteiger partial charge is 0.356 e. The molecule has 0 bridgehead atoms. The van der Waals surface area contributed by atoms with Gasteiger partial charge in [-0.1, -0.05) is 0 Å². The summed E-state index contributed by atoms with van der Waals surface area (Å²) in [5, 5.41) is 9.96. The van der Waals surface area contributed by atoms with Crippen molar-refractivity contribution in [3.63, 3.8) is 0 Å². The molecule has 0 aromatic carbocycles. The van der Waals surface area contributed by atoms with E-state index in [1.165, 1.54) is 0 Å². The molecule has 0 amide bonds. The number of aromatic nitrogens is 4. The molecule has 0 atom stereocenters. The van der Waals surface area contributed by atoms with Gasteiger partial charge in [-0.05, 0) is 13.8 Å². The first-order valence-corrected chi connectivity index (χ1v) is 5.05. The van der Waals surface area contributed by atoms with Crippen LogP contribution in [0.2, 0.25) is 0 Å². The fourth-order valence-corrected chi connectivity index (χ4v) is 1.53. The van der Waals surface area contributed by atoms with Crippen molar-refractivity contribution in [3.8, 4) is 0 Å². The SMILES string of the molecule is CCNc1nc(C)cn1Cc1cn[nH]c1. The van der Waals surface area contributed by atoms with Crippen LogP contribution in [0, 0.1) is 6.92 Å². The minimum atomic E-state index is 0.791. The van der Waals surface area contributed by atoms with Crippen LogP contribution in [-0.2, 0) is 6.54 Å². The Morgan fingerprint density at radius 1 is 1.53 bits per heavy atom. The molecule has 0 radical (unpaired) electrons. The van der Waals surface area contributed by atoms with Gasteiger partial charge in [-0.3, -0.25) is 5.10 Å². The second-order valence-electron chi connectivity index (χ2n) is 3.47. The van der Waals surface area contributed by atoms with E-state index in [-0.39, 0.29) is 0 Å². The predicted molar refractivity (Wildman–Crippen MR) is 58.8 cm³/mol. The Kier molecular flexibility index (Phi) is 2.71. The number of nitrogens with zero attached hydrogens (tertiary/aromatic N) is 3. The van der Waals surface area contributed by atoms with E-state index < -0.39 is 0 Å². The summed E-state index contributed by atoms with van der Waals surface area (Å²) in [6.45, 7) is 5.72. The second-order valence-corrected chi connectivity index (χ2v) is 3.47. The fraction of sp³-hybridized carbons (Fsp3) is 0.400. The normalized spacial score (nSPS) is 10.5. The molecule has 80 valence electrons. The van der Waals surface area contributed by atoms with E-state index in [4.69, 9.17) is 0 Å². The predicted octanol–water partition coefficient (Wildman–Crippen LogP) is 1.39. The lowest BCUT2D eigenvalue weighted by molar-refractivity contribution is 0.800. The van der Waals surface area contributed by atoms with Crippen molar-refractivity contribution in [1.29, 1.82) is 0 Å². The molecule has 0 aliphatic carbocycles. The van der Waals surface area contributed by atoms with Crippen LogP contribution in [0.3, 0.4) is 0 Å². The second kappa shape index (κ2) is 4.16. The highest BCUT2D eigenvalue weighted by atomic mass is 15.2. The highest BCUT2D eigenvalue weighted by molar-refractivity contribution is 5.29. The standard InChI is InChI=1S/C10H15N5/c1-3-11-10-14-8(2)6-15(10)7-9-4-12-13-5-9/h4-6H,3,7H2,1-2H3,(H,11,14)(H,12,13). The van der Waals surface area contributed by atoms with E-state index in [2.05, 4.69) is 32.0 Å². The smallest absolute Gasteiger partial charge is 0.203 e. The van der Waals surface area contributed by atoms with E-state index in [0.29, 0.717) is 0 Å². The van der Waals surface area contributed by atoms with Gasteiger partial charge in [-0.25, -0.2) is 4.98 Å². The zero-order valence-corrected chi connectivity index (χ0v) is 8.99. The molecule has 2 N–H and O–H groups in total. The summed E-state index contributed by atoms with van der Waals surface area (Å²) >= 11 is 0. The Bertz CT molecular complexity index is 415. The van der Waals surface area contributed by atoms with Crippen molar-refractivity contribution in [2.75, 3.05) is 11.9 Å². The number of H-pyrrole nitrogens is 1. The summed E-state index contributed by atoms with van der Waals surface area (Å²) in [5.41, 5.74) is 2.17. The van der Waals surface area contributed by atoms with Gasteiger partial charge >= 0.3 is 0 Å². The lowest BCUT2D eigenvalue weighted by atomic mass is 10.3. The van der Waals surface area contributed by atoms with Crippen LogP contribution in [0.4, 0.5) is 5.95 Å². The van der Waals surface area contributed by atoms with E-state index in [9.17, 15) is 0 Å². The van der Waals surface area contributed by atoms with E-state index in [1.807, 2.05) is 25.5 Å². The quantitative estimate of drug-likeness (QED) is 0.793. The van der Waals surface area contributed by atoms with Gasteiger partial charge in [0.2, 0.25) is 5.95 Å². The molecular formula is C10H15N5. The molecule has 0 saturated heterocycles. The molecule has 0 unspecified atom stereocenters. The summed E-state index contributed by atoms with van der Waals surface area (Å²) in [7, 11) is 0. The van der Waals surface area contributed by atoms with Gasteiger partial charge in [0.25, 0.3) is 0 Å². The summed E-state index contributed by atoms with van der Waals surface area (Å²) in [5.74, 6) is 0.913.